The number of amides is 1. The van der Waals surface area contributed by atoms with Gasteiger partial charge in [-0.1, -0.05) is 22.0 Å². The van der Waals surface area contributed by atoms with Crippen molar-refractivity contribution in [3.8, 4) is 0 Å². The number of hydrogen-bond acceptors (Lipinski definition) is 3. The quantitative estimate of drug-likeness (QED) is 0.744. The van der Waals surface area contributed by atoms with Crippen molar-refractivity contribution >= 4 is 22.0 Å². The number of carbonyl (C=O) groups excluding carboxylic acids is 1. The highest BCUT2D eigenvalue weighted by Gasteiger charge is 2.26. The lowest BCUT2D eigenvalue weighted by molar-refractivity contribution is 0.0221. The van der Waals surface area contributed by atoms with Crippen molar-refractivity contribution in [1.82, 2.24) is 9.88 Å². The number of carbonyl (C=O) groups is 1. The number of halogens is 1. The largest absolute Gasteiger partial charge is 0.444 e. The average Bonchev–Trinajstić information content (AvgIpc) is 2.35. The van der Waals surface area contributed by atoms with Gasteiger partial charge >= 0.3 is 6.09 Å². The fraction of sp³-hybridized carbons (Fsp3) is 0.571. The minimum atomic E-state index is -0.456. The monoisotopic (exact) mass is 326 g/mol. The summed E-state index contributed by atoms with van der Waals surface area (Å²) in [6, 6.07) is 4.13. The zero-order valence-corrected chi connectivity index (χ0v) is 13.2. The maximum atomic E-state index is 12.0. The highest BCUT2D eigenvalue weighted by atomic mass is 79.9. The predicted octanol–water partition coefficient (Wildman–Crippen LogP) is 3.27. The molecule has 0 radical (unpaired) electrons. The summed E-state index contributed by atoms with van der Waals surface area (Å²) < 4.78 is 5.40. The number of rotatable bonds is 1. The van der Waals surface area contributed by atoms with Crippen LogP contribution in [-0.2, 0) is 23.0 Å². The summed E-state index contributed by atoms with van der Waals surface area (Å²) in [6.07, 6.45) is 0.577. The van der Waals surface area contributed by atoms with Gasteiger partial charge < -0.3 is 9.64 Å². The van der Waals surface area contributed by atoms with Crippen LogP contribution in [0.4, 0.5) is 4.79 Å². The molecule has 0 bridgehead atoms. The van der Waals surface area contributed by atoms with Crippen molar-refractivity contribution in [2.75, 3.05) is 6.54 Å². The van der Waals surface area contributed by atoms with Gasteiger partial charge in [-0.25, -0.2) is 4.79 Å². The van der Waals surface area contributed by atoms with Crippen LogP contribution in [0, 0.1) is 0 Å². The summed E-state index contributed by atoms with van der Waals surface area (Å²) in [6.45, 7) is 6.86. The normalized spacial score (nSPS) is 15.1. The molecule has 104 valence electrons. The molecule has 0 aromatic carbocycles. The van der Waals surface area contributed by atoms with Gasteiger partial charge in [0.25, 0.3) is 0 Å². The zero-order valence-electron chi connectivity index (χ0n) is 11.6. The molecule has 1 aliphatic rings. The van der Waals surface area contributed by atoms with Gasteiger partial charge in [-0.15, -0.1) is 0 Å². The van der Waals surface area contributed by atoms with E-state index in [9.17, 15) is 4.79 Å². The summed E-state index contributed by atoms with van der Waals surface area (Å²) in [7, 11) is 0. The van der Waals surface area contributed by atoms with Crippen LogP contribution in [0.15, 0.2) is 12.1 Å². The van der Waals surface area contributed by atoms with E-state index in [1.54, 1.807) is 4.90 Å². The first kappa shape index (κ1) is 14.3. The van der Waals surface area contributed by atoms with Gasteiger partial charge in [0.15, 0.2) is 0 Å². The second kappa shape index (κ2) is 5.49. The molecular formula is C14H19BrN2O2. The van der Waals surface area contributed by atoms with Crippen molar-refractivity contribution in [2.24, 2.45) is 0 Å². The zero-order chi connectivity index (χ0) is 14.0. The van der Waals surface area contributed by atoms with Gasteiger partial charge in [-0.2, -0.15) is 0 Å². The molecule has 2 heterocycles. The lowest BCUT2D eigenvalue weighted by Gasteiger charge is -2.30. The van der Waals surface area contributed by atoms with Crippen molar-refractivity contribution in [2.45, 2.75) is 44.7 Å². The Labute approximate surface area is 122 Å². The van der Waals surface area contributed by atoms with Crippen LogP contribution in [0.25, 0.3) is 0 Å². The molecule has 0 unspecified atom stereocenters. The fourth-order valence-electron chi connectivity index (χ4n) is 2.01. The first-order chi connectivity index (χ1) is 8.89. The molecular weight excluding hydrogens is 308 g/mol. The Morgan fingerprint density at radius 3 is 2.84 bits per heavy atom. The molecule has 0 saturated heterocycles. The molecule has 0 fully saturated rings. The van der Waals surface area contributed by atoms with Crippen LogP contribution in [0.5, 0.6) is 0 Å². The SMILES string of the molecule is CC(C)(C)OC(=O)N1CCc2ccc(CBr)nc2C1. The van der Waals surface area contributed by atoms with Gasteiger partial charge in [-0.3, -0.25) is 4.98 Å². The molecule has 1 aromatic rings. The minimum Gasteiger partial charge on any atom is -0.444 e. The molecule has 0 aliphatic carbocycles. The first-order valence-corrected chi connectivity index (χ1v) is 7.53. The number of hydrogen-bond donors (Lipinski definition) is 0. The van der Waals surface area contributed by atoms with Crippen molar-refractivity contribution in [1.29, 1.82) is 0 Å². The fourth-order valence-corrected chi connectivity index (χ4v) is 2.32. The molecule has 0 atom stereocenters. The van der Waals surface area contributed by atoms with Gasteiger partial charge in [-0.05, 0) is 38.8 Å². The molecule has 0 spiro atoms. The Bertz CT molecular complexity index is 483. The summed E-state index contributed by atoms with van der Waals surface area (Å²) in [4.78, 5) is 18.3. The lowest BCUT2D eigenvalue weighted by Crippen LogP contribution is -2.40. The molecule has 1 aliphatic heterocycles. The standard InChI is InChI=1S/C14H19BrN2O2/c1-14(2,3)19-13(18)17-7-6-10-4-5-11(8-15)16-12(10)9-17/h4-5H,6-9H2,1-3H3. The van der Waals surface area contributed by atoms with Crippen LogP contribution >= 0.6 is 15.9 Å². The Hall–Kier alpha value is -1.10. The van der Waals surface area contributed by atoms with E-state index in [2.05, 4.69) is 27.0 Å². The number of ether oxygens (including phenoxy) is 1. The predicted molar refractivity (Wildman–Crippen MR) is 77.2 cm³/mol. The summed E-state index contributed by atoms with van der Waals surface area (Å²) in [5.41, 5.74) is 2.74. The second-order valence-corrected chi connectivity index (χ2v) is 6.25. The average molecular weight is 327 g/mol. The minimum absolute atomic E-state index is 0.260. The maximum Gasteiger partial charge on any atom is 0.410 e. The second-order valence-electron chi connectivity index (χ2n) is 5.69. The number of alkyl halides is 1. The smallest absolute Gasteiger partial charge is 0.410 e. The van der Waals surface area contributed by atoms with Crippen molar-refractivity contribution < 1.29 is 9.53 Å². The van der Waals surface area contributed by atoms with Gasteiger partial charge in [0, 0.05) is 11.9 Å². The Balaban J connectivity index is 2.10. The van der Waals surface area contributed by atoms with E-state index in [0.29, 0.717) is 13.1 Å². The molecule has 4 nitrogen and oxygen atoms in total. The van der Waals surface area contributed by atoms with E-state index >= 15 is 0 Å². The van der Waals surface area contributed by atoms with E-state index in [4.69, 9.17) is 4.74 Å². The number of fused-ring (bicyclic) bond motifs is 1. The lowest BCUT2D eigenvalue weighted by atomic mass is 10.1. The molecule has 1 aromatic heterocycles. The van der Waals surface area contributed by atoms with Crippen molar-refractivity contribution in [3.63, 3.8) is 0 Å². The summed E-state index contributed by atoms with van der Waals surface area (Å²) in [5.74, 6) is 0. The third kappa shape index (κ3) is 3.69. The number of aromatic nitrogens is 1. The third-order valence-electron chi connectivity index (χ3n) is 2.91. The molecule has 2 rings (SSSR count). The van der Waals surface area contributed by atoms with Crippen LogP contribution in [0.3, 0.4) is 0 Å². The molecule has 5 heteroatoms. The van der Waals surface area contributed by atoms with Gasteiger partial charge in [0.05, 0.1) is 17.9 Å². The van der Waals surface area contributed by atoms with E-state index < -0.39 is 5.60 Å². The Morgan fingerprint density at radius 2 is 2.21 bits per heavy atom. The van der Waals surface area contributed by atoms with Gasteiger partial charge in [0.2, 0.25) is 0 Å². The molecule has 0 saturated carbocycles. The number of pyridine rings is 1. The van der Waals surface area contributed by atoms with Crippen LogP contribution in [0.2, 0.25) is 0 Å². The van der Waals surface area contributed by atoms with E-state index in [0.717, 1.165) is 23.1 Å². The van der Waals surface area contributed by atoms with Crippen LogP contribution in [-0.4, -0.2) is 28.1 Å². The Kier molecular flexibility index (Phi) is 4.13. The molecule has 1 amide bonds. The van der Waals surface area contributed by atoms with Gasteiger partial charge in [0.1, 0.15) is 5.60 Å². The topological polar surface area (TPSA) is 42.4 Å². The van der Waals surface area contributed by atoms with Crippen molar-refractivity contribution in [3.05, 3.63) is 29.1 Å². The third-order valence-corrected chi connectivity index (χ3v) is 3.48. The van der Waals surface area contributed by atoms with Crippen LogP contribution in [0.1, 0.15) is 37.7 Å². The first-order valence-electron chi connectivity index (χ1n) is 6.40. The van der Waals surface area contributed by atoms with E-state index in [1.807, 2.05) is 26.8 Å². The van der Waals surface area contributed by atoms with E-state index in [-0.39, 0.29) is 6.09 Å². The maximum absolute atomic E-state index is 12.0. The van der Waals surface area contributed by atoms with Crippen LogP contribution < -0.4 is 0 Å². The number of nitrogens with zero attached hydrogens (tertiary/aromatic N) is 2. The molecule has 0 N–H and O–H groups in total. The van der Waals surface area contributed by atoms with E-state index in [1.165, 1.54) is 5.56 Å². The summed E-state index contributed by atoms with van der Waals surface area (Å²) >= 11 is 3.40. The highest BCUT2D eigenvalue weighted by Crippen LogP contribution is 2.20. The summed E-state index contributed by atoms with van der Waals surface area (Å²) in [5, 5.41) is 0.729. The Morgan fingerprint density at radius 1 is 1.47 bits per heavy atom. The highest BCUT2D eigenvalue weighted by molar-refractivity contribution is 9.08. The molecule has 19 heavy (non-hydrogen) atoms.